The van der Waals surface area contributed by atoms with Crippen LogP contribution in [0.5, 0.6) is 0 Å². The van der Waals surface area contributed by atoms with Gasteiger partial charge in [0, 0.05) is 11.8 Å². The van der Waals surface area contributed by atoms with E-state index >= 15 is 0 Å². The van der Waals surface area contributed by atoms with Gasteiger partial charge in [0.05, 0.1) is 24.6 Å². The van der Waals surface area contributed by atoms with Gasteiger partial charge in [0.2, 0.25) is 0 Å². The van der Waals surface area contributed by atoms with Crippen LogP contribution in [0, 0.1) is 6.92 Å². The summed E-state index contributed by atoms with van der Waals surface area (Å²) in [5, 5.41) is 13.5. The standard InChI is InChI=1S/C15H14N4O2/c1-11-16-8-14(15(20)21)18(11)9-12-7-17-19(10-12)13-5-3-2-4-6-13/h2-8,10H,9H2,1H3,(H,20,21). The molecule has 0 spiro atoms. The van der Waals surface area contributed by atoms with E-state index in [1.54, 1.807) is 22.4 Å². The molecular weight excluding hydrogens is 268 g/mol. The molecule has 0 saturated heterocycles. The monoisotopic (exact) mass is 282 g/mol. The first kappa shape index (κ1) is 13.1. The lowest BCUT2D eigenvalue weighted by Crippen LogP contribution is -2.10. The number of nitrogens with zero attached hydrogens (tertiary/aromatic N) is 4. The van der Waals surface area contributed by atoms with Crippen molar-refractivity contribution >= 4 is 5.97 Å². The molecule has 21 heavy (non-hydrogen) atoms. The summed E-state index contributed by atoms with van der Waals surface area (Å²) in [7, 11) is 0. The maximum atomic E-state index is 11.2. The van der Waals surface area contributed by atoms with Crippen LogP contribution in [0.15, 0.2) is 48.9 Å². The average molecular weight is 282 g/mol. The molecule has 0 aliphatic carbocycles. The molecule has 0 atom stereocenters. The summed E-state index contributed by atoms with van der Waals surface area (Å²) < 4.78 is 3.43. The second-order valence-electron chi connectivity index (χ2n) is 4.71. The molecule has 6 heteroatoms. The molecule has 0 amide bonds. The van der Waals surface area contributed by atoms with Crippen LogP contribution < -0.4 is 0 Å². The first-order valence-corrected chi connectivity index (χ1v) is 6.49. The zero-order valence-corrected chi connectivity index (χ0v) is 11.5. The Morgan fingerprint density at radius 2 is 2.00 bits per heavy atom. The lowest BCUT2D eigenvalue weighted by molar-refractivity contribution is 0.0685. The Kier molecular flexibility index (Phi) is 3.27. The molecule has 2 heterocycles. The van der Waals surface area contributed by atoms with Crippen molar-refractivity contribution in [2.75, 3.05) is 0 Å². The van der Waals surface area contributed by atoms with E-state index in [0.717, 1.165) is 11.3 Å². The number of para-hydroxylation sites is 1. The van der Waals surface area contributed by atoms with E-state index in [1.165, 1.54) is 6.20 Å². The zero-order chi connectivity index (χ0) is 14.8. The lowest BCUT2D eigenvalue weighted by Gasteiger charge is -2.05. The lowest BCUT2D eigenvalue weighted by atomic mass is 10.3. The second kappa shape index (κ2) is 5.24. The molecular formula is C15H14N4O2. The number of hydrogen-bond acceptors (Lipinski definition) is 3. The topological polar surface area (TPSA) is 72.9 Å². The van der Waals surface area contributed by atoms with Crippen LogP contribution >= 0.6 is 0 Å². The third-order valence-corrected chi connectivity index (χ3v) is 3.27. The number of aryl methyl sites for hydroxylation is 1. The van der Waals surface area contributed by atoms with Crippen molar-refractivity contribution in [2.24, 2.45) is 0 Å². The maximum absolute atomic E-state index is 11.2. The predicted molar refractivity (Wildman–Crippen MR) is 76.6 cm³/mol. The Balaban J connectivity index is 1.89. The fourth-order valence-electron chi connectivity index (χ4n) is 2.18. The van der Waals surface area contributed by atoms with E-state index in [4.69, 9.17) is 5.11 Å². The highest BCUT2D eigenvalue weighted by Gasteiger charge is 2.14. The zero-order valence-electron chi connectivity index (χ0n) is 11.5. The van der Waals surface area contributed by atoms with Crippen LogP contribution in [-0.2, 0) is 6.54 Å². The smallest absolute Gasteiger partial charge is 0.354 e. The van der Waals surface area contributed by atoms with Gasteiger partial charge in [-0.2, -0.15) is 5.10 Å². The number of imidazole rings is 1. The van der Waals surface area contributed by atoms with E-state index in [-0.39, 0.29) is 5.69 Å². The third kappa shape index (κ3) is 2.55. The van der Waals surface area contributed by atoms with E-state index < -0.39 is 5.97 Å². The SMILES string of the molecule is Cc1ncc(C(=O)O)n1Cc1cnn(-c2ccccc2)c1. The minimum atomic E-state index is -0.981. The van der Waals surface area contributed by atoms with Crippen LogP contribution in [-0.4, -0.2) is 30.4 Å². The van der Waals surface area contributed by atoms with Gasteiger partial charge >= 0.3 is 5.97 Å². The van der Waals surface area contributed by atoms with Crippen molar-refractivity contribution in [3.63, 3.8) is 0 Å². The van der Waals surface area contributed by atoms with Crippen molar-refractivity contribution < 1.29 is 9.90 Å². The molecule has 0 aliphatic heterocycles. The fourth-order valence-corrected chi connectivity index (χ4v) is 2.18. The molecule has 1 aromatic carbocycles. The Labute approximate surface area is 121 Å². The van der Waals surface area contributed by atoms with Gasteiger partial charge in [-0.15, -0.1) is 0 Å². The summed E-state index contributed by atoms with van der Waals surface area (Å²) in [4.78, 5) is 15.2. The van der Waals surface area contributed by atoms with E-state index in [1.807, 2.05) is 36.5 Å². The van der Waals surface area contributed by atoms with Crippen LogP contribution in [0.2, 0.25) is 0 Å². The highest BCUT2D eigenvalue weighted by Crippen LogP contribution is 2.12. The van der Waals surface area contributed by atoms with Gasteiger partial charge in [-0.05, 0) is 19.1 Å². The third-order valence-electron chi connectivity index (χ3n) is 3.27. The van der Waals surface area contributed by atoms with Gasteiger partial charge in [-0.3, -0.25) is 0 Å². The molecule has 0 aliphatic rings. The summed E-state index contributed by atoms with van der Waals surface area (Å²) in [5.74, 6) is -0.314. The second-order valence-corrected chi connectivity index (χ2v) is 4.71. The van der Waals surface area contributed by atoms with Gasteiger partial charge in [-0.1, -0.05) is 18.2 Å². The molecule has 3 rings (SSSR count). The number of aromatic nitrogens is 4. The number of carbonyl (C=O) groups is 1. The van der Waals surface area contributed by atoms with E-state index in [2.05, 4.69) is 10.1 Å². The van der Waals surface area contributed by atoms with Crippen LogP contribution in [0.25, 0.3) is 5.69 Å². The summed E-state index contributed by atoms with van der Waals surface area (Å²) >= 11 is 0. The maximum Gasteiger partial charge on any atom is 0.354 e. The first-order chi connectivity index (χ1) is 10.1. The Bertz CT molecular complexity index is 774. The van der Waals surface area contributed by atoms with Gasteiger partial charge in [0.1, 0.15) is 11.5 Å². The number of benzene rings is 1. The fraction of sp³-hybridized carbons (Fsp3) is 0.133. The predicted octanol–water partition coefficient (Wildman–Crippen LogP) is 2.12. The van der Waals surface area contributed by atoms with Crippen molar-refractivity contribution in [3.8, 4) is 5.69 Å². The summed E-state index contributed by atoms with van der Waals surface area (Å²) in [5.41, 5.74) is 2.06. The first-order valence-electron chi connectivity index (χ1n) is 6.49. The summed E-state index contributed by atoms with van der Waals surface area (Å²) in [6, 6.07) is 9.75. The molecule has 0 radical (unpaired) electrons. The quantitative estimate of drug-likeness (QED) is 0.795. The van der Waals surface area contributed by atoms with Gasteiger partial charge in [0.15, 0.2) is 0 Å². The Hall–Kier alpha value is -2.89. The number of aromatic carboxylic acids is 1. The van der Waals surface area contributed by atoms with E-state index in [0.29, 0.717) is 12.4 Å². The molecule has 6 nitrogen and oxygen atoms in total. The molecule has 0 unspecified atom stereocenters. The number of carboxylic acid groups (broad SMARTS) is 1. The minimum Gasteiger partial charge on any atom is -0.477 e. The molecule has 1 N–H and O–H groups in total. The molecule has 0 saturated carbocycles. The largest absolute Gasteiger partial charge is 0.477 e. The van der Waals surface area contributed by atoms with Crippen molar-refractivity contribution in [2.45, 2.75) is 13.5 Å². The molecule has 106 valence electrons. The number of rotatable bonds is 4. The van der Waals surface area contributed by atoms with Crippen LogP contribution in [0.3, 0.4) is 0 Å². The highest BCUT2D eigenvalue weighted by atomic mass is 16.4. The van der Waals surface area contributed by atoms with Crippen molar-refractivity contribution in [1.29, 1.82) is 0 Å². The number of carboxylic acids is 1. The van der Waals surface area contributed by atoms with Crippen molar-refractivity contribution in [3.05, 3.63) is 66.0 Å². The molecule has 3 aromatic rings. The molecule has 0 bridgehead atoms. The summed E-state index contributed by atoms with van der Waals surface area (Å²) in [6.45, 7) is 2.22. The normalized spacial score (nSPS) is 10.7. The van der Waals surface area contributed by atoms with Gasteiger partial charge < -0.3 is 9.67 Å². The minimum absolute atomic E-state index is 0.181. The van der Waals surface area contributed by atoms with Crippen LogP contribution in [0.4, 0.5) is 0 Å². The Morgan fingerprint density at radius 3 is 2.71 bits per heavy atom. The molecule has 2 aromatic heterocycles. The number of hydrogen-bond donors (Lipinski definition) is 1. The van der Waals surface area contributed by atoms with Crippen molar-refractivity contribution in [1.82, 2.24) is 19.3 Å². The highest BCUT2D eigenvalue weighted by molar-refractivity contribution is 5.85. The summed E-state index contributed by atoms with van der Waals surface area (Å²) in [6.07, 6.45) is 5.00. The van der Waals surface area contributed by atoms with Crippen LogP contribution in [0.1, 0.15) is 21.9 Å². The average Bonchev–Trinajstić information content (AvgIpc) is 3.08. The van der Waals surface area contributed by atoms with E-state index in [9.17, 15) is 4.79 Å². The van der Waals surface area contributed by atoms with Gasteiger partial charge in [0.25, 0.3) is 0 Å². The van der Waals surface area contributed by atoms with Gasteiger partial charge in [-0.25, -0.2) is 14.5 Å². The molecule has 0 fully saturated rings. The Morgan fingerprint density at radius 1 is 1.24 bits per heavy atom.